The highest BCUT2D eigenvalue weighted by Gasteiger charge is 2.91. The van der Waals surface area contributed by atoms with Gasteiger partial charge in [0.1, 0.15) is 29.2 Å². The van der Waals surface area contributed by atoms with Crippen LogP contribution in [0.5, 0.6) is 0 Å². The molecule has 1 N–H and O–H groups in total. The Kier molecular flexibility index (Phi) is 5.50. The zero-order chi connectivity index (χ0) is 26.4. The van der Waals surface area contributed by atoms with Crippen LogP contribution in [0.4, 0.5) is 0 Å². The standard InChI is InChI=1S/C30H38O7/c1-17(31)22-12-15-30-28(22,4)25(35-18(2)32)23(36-26(34)19-8-6-5-7-9-19)24-27(3)13-11-21(33)16-20(27)10-14-29(24,30)37-30/h5-9,20-25,33H,10-16H2,1-4H3/t20-,21+,22-,23+,24+,25-,27+,28+,29+,30-/m1/s1. The van der Waals surface area contributed by atoms with Gasteiger partial charge in [-0.05, 0) is 75.3 Å². The number of aliphatic hydroxyl groups excluding tert-OH is 1. The third-order valence-electron chi connectivity index (χ3n) is 11.2. The first kappa shape index (κ1) is 25.1. The molecule has 4 saturated carbocycles. The van der Waals surface area contributed by atoms with Crippen LogP contribution < -0.4 is 0 Å². The van der Waals surface area contributed by atoms with Crippen molar-refractivity contribution in [3.8, 4) is 0 Å². The Morgan fingerprint density at radius 1 is 0.973 bits per heavy atom. The molecule has 1 saturated heterocycles. The quantitative estimate of drug-likeness (QED) is 0.477. The lowest BCUT2D eigenvalue weighted by atomic mass is 9.43. The molecule has 200 valence electrons. The zero-order valence-electron chi connectivity index (χ0n) is 22.2. The van der Waals surface area contributed by atoms with Gasteiger partial charge in [-0.2, -0.15) is 0 Å². The monoisotopic (exact) mass is 510 g/mol. The summed E-state index contributed by atoms with van der Waals surface area (Å²) in [5.41, 5.74) is -1.78. The van der Waals surface area contributed by atoms with Crippen molar-refractivity contribution in [2.24, 2.45) is 28.6 Å². The predicted molar refractivity (Wildman–Crippen MR) is 133 cm³/mol. The molecule has 10 atom stereocenters. The van der Waals surface area contributed by atoms with Crippen LogP contribution in [0.15, 0.2) is 30.3 Å². The second-order valence-corrected chi connectivity index (χ2v) is 12.7. The van der Waals surface area contributed by atoms with Crippen LogP contribution in [-0.4, -0.2) is 52.3 Å². The largest absolute Gasteiger partial charge is 0.458 e. The van der Waals surface area contributed by atoms with Gasteiger partial charge in [0.05, 0.1) is 11.7 Å². The van der Waals surface area contributed by atoms with E-state index in [2.05, 4.69) is 6.92 Å². The Morgan fingerprint density at radius 3 is 2.38 bits per heavy atom. The second-order valence-electron chi connectivity index (χ2n) is 12.7. The number of carbonyl (C=O) groups excluding carboxylic acids is 3. The minimum Gasteiger partial charge on any atom is -0.458 e. The van der Waals surface area contributed by atoms with Crippen molar-refractivity contribution in [3.05, 3.63) is 35.9 Å². The molecule has 37 heavy (non-hydrogen) atoms. The van der Waals surface area contributed by atoms with Crippen LogP contribution >= 0.6 is 0 Å². The maximum absolute atomic E-state index is 13.6. The third-order valence-corrected chi connectivity index (χ3v) is 11.2. The number of Topliss-reactive ketones (excluding diaryl/α,β-unsaturated/α-hetero) is 1. The molecular weight excluding hydrogens is 472 g/mol. The summed E-state index contributed by atoms with van der Waals surface area (Å²) in [4.78, 5) is 39.1. The molecule has 4 aliphatic carbocycles. The third kappa shape index (κ3) is 3.16. The number of ketones is 1. The summed E-state index contributed by atoms with van der Waals surface area (Å²) in [6.45, 7) is 7.25. The molecule has 1 aromatic rings. The van der Waals surface area contributed by atoms with Gasteiger partial charge < -0.3 is 19.3 Å². The molecule has 0 aromatic heterocycles. The van der Waals surface area contributed by atoms with Gasteiger partial charge in [0.25, 0.3) is 0 Å². The van der Waals surface area contributed by atoms with E-state index in [0.717, 1.165) is 25.7 Å². The van der Waals surface area contributed by atoms with E-state index in [4.69, 9.17) is 14.2 Å². The Hall–Kier alpha value is -2.25. The van der Waals surface area contributed by atoms with Gasteiger partial charge >= 0.3 is 11.9 Å². The average molecular weight is 511 g/mol. The molecule has 7 heteroatoms. The molecule has 5 fully saturated rings. The van der Waals surface area contributed by atoms with Gasteiger partial charge in [-0.1, -0.05) is 32.0 Å². The summed E-state index contributed by atoms with van der Waals surface area (Å²) >= 11 is 0. The number of esters is 2. The first-order chi connectivity index (χ1) is 17.5. The molecule has 5 aliphatic rings. The number of aliphatic hydroxyl groups is 1. The fourth-order valence-corrected chi connectivity index (χ4v) is 9.69. The lowest BCUT2D eigenvalue weighted by Gasteiger charge is -2.61. The molecule has 0 bridgehead atoms. The molecular formula is C30H38O7. The molecule has 0 amide bonds. The highest BCUT2D eigenvalue weighted by molar-refractivity contribution is 5.89. The van der Waals surface area contributed by atoms with Gasteiger partial charge in [-0.15, -0.1) is 0 Å². The van der Waals surface area contributed by atoms with Crippen molar-refractivity contribution in [2.45, 2.75) is 102 Å². The normalized spacial score (nSPS) is 47.5. The van der Waals surface area contributed by atoms with Crippen molar-refractivity contribution >= 4 is 17.7 Å². The second kappa shape index (κ2) is 8.12. The van der Waals surface area contributed by atoms with Crippen LogP contribution in [0, 0.1) is 28.6 Å². The molecule has 7 nitrogen and oxygen atoms in total. The van der Waals surface area contributed by atoms with Crippen molar-refractivity contribution in [1.82, 2.24) is 0 Å². The lowest BCUT2D eigenvalue weighted by Crippen LogP contribution is -2.70. The van der Waals surface area contributed by atoms with E-state index in [-0.39, 0.29) is 35.1 Å². The summed E-state index contributed by atoms with van der Waals surface area (Å²) in [7, 11) is 0. The Balaban J connectivity index is 1.52. The first-order valence-electron chi connectivity index (χ1n) is 13.8. The van der Waals surface area contributed by atoms with E-state index in [1.165, 1.54) is 6.92 Å². The van der Waals surface area contributed by atoms with Crippen LogP contribution in [0.1, 0.15) is 83.0 Å². The van der Waals surface area contributed by atoms with Crippen molar-refractivity contribution in [1.29, 1.82) is 0 Å². The average Bonchev–Trinajstić information content (AvgIpc) is 3.40. The van der Waals surface area contributed by atoms with Crippen LogP contribution in [-0.2, 0) is 23.8 Å². The molecule has 0 unspecified atom stereocenters. The molecule has 6 rings (SSSR count). The molecule has 1 heterocycles. The minimum absolute atomic E-state index is 0.0504. The van der Waals surface area contributed by atoms with E-state index in [1.54, 1.807) is 31.2 Å². The van der Waals surface area contributed by atoms with E-state index >= 15 is 0 Å². The van der Waals surface area contributed by atoms with Gasteiger partial charge in [-0.3, -0.25) is 9.59 Å². The first-order valence-corrected chi connectivity index (χ1v) is 13.8. The summed E-state index contributed by atoms with van der Waals surface area (Å²) < 4.78 is 19.5. The van der Waals surface area contributed by atoms with Crippen LogP contribution in [0.2, 0.25) is 0 Å². The summed E-state index contributed by atoms with van der Waals surface area (Å²) in [6.07, 6.45) is 3.36. The predicted octanol–water partition coefficient (Wildman–Crippen LogP) is 4.25. The number of ether oxygens (including phenoxy) is 3. The highest BCUT2D eigenvalue weighted by atomic mass is 16.7. The van der Waals surface area contributed by atoms with Gasteiger partial charge in [-0.25, -0.2) is 4.79 Å². The zero-order valence-corrected chi connectivity index (χ0v) is 22.2. The van der Waals surface area contributed by atoms with Crippen LogP contribution in [0.25, 0.3) is 0 Å². The maximum atomic E-state index is 13.6. The minimum atomic E-state index is -0.808. The number of rotatable bonds is 4. The number of fused-ring (bicyclic) bond motifs is 2. The molecule has 1 aliphatic heterocycles. The van der Waals surface area contributed by atoms with Crippen molar-refractivity contribution in [2.75, 3.05) is 0 Å². The Labute approximate surface area is 218 Å². The molecule has 0 radical (unpaired) electrons. The Bertz CT molecular complexity index is 1130. The van der Waals surface area contributed by atoms with E-state index in [0.29, 0.717) is 24.8 Å². The fourth-order valence-electron chi connectivity index (χ4n) is 9.69. The molecule has 2 spiro atoms. The summed E-state index contributed by atoms with van der Waals surface area (Å²) in [5, 5.41) is 10.5. The Morgan fingerprint density at radius 2 is 1.70 bits per heavy atom. The summed E-state index contributed by atoms with van der Waals surface area (Å²) in [6, 6.07) is 8.87. The van der Waals surface area contributed by atoms with Crippen LogP contribution in [0.3, 0.4) is 0 Å². The SMILES string of the molecule is CC(=O)O[C@@H]1[C@@H](OC(=O)c2ccccc2)[C@H]2[C@@]3(C)CC[C@H](O)C[C@H]3CC[C@]23O[C@@]32CC[C@H](C(C)=O)[C@@]12C. The van der Waals surface area contributed by atoms with E-state index in [9.17, 15) is 19.5 Å². The number of carbonyl (C=O) groups is 3. The molecule has 1 aromatic carbocycles. The summed E-state index contributed by atoms with van der Waals surface area (Å²) in [5.74, 6) is -1.18. The number of epoxide rings is 1. The van der Waals surface area contributed by atoms with E-state index in [1.807, 2.05) is 13.0 Å². The number of hydrogen-bond donors (Lipinski definition) is 1. The van der Waals surface area contributed by atoms with Crippen molar-refractivity contribution in [3.63, 3.8) is 0 Å². The van der Waals surface area contributed by atoms with Crippen molar-refractivity contribution < 1.29 is 33.7 Å². The topological polar surface area (TPSA) is 102 Å². The number of hydrogen-bond acceptors (Lipinski definition) is 7. The fraction of sp³-hybridized carbons (Fsp3) is 0.700. The number of benzene rings is 1. The maximum Gasteiger partial charge on any atom is 0.338 e. The van der Waals surface area contributed by atoms with Gasteiger partial charge in [0, 0.05) is 24.2 Å². The van der Waals surface area contributed by atoms with E-state index < -0.39 is 40.8 Å². The highest BCUT2D eigenvalue weighted by Crippen LogP contribution is 2.81. The van der Waals surface area contributed by atoms with Gasteiger partial charge in [0.15, 0.2) is 0 Å². The lowest BCUT2D eigenvalue weighted by molar-refractivity contribution is -0.213. The van der Waals surface area contributed by atoms with Gasteiger partial charge in [0.2, 0.25) is 0 Å². The smallest absolute Gasteiger partial charge is 0.338 e.